The topological polar surface area (TPSA) is 111 Å². The Kier molecular flexibility index (Phi) is 11.0. The molecular weight excluding hydrogens is 390 g/mol. The molecule has 8 heteroatoms. The van der Waals surface area contributed by atoms with Crippen LogP contribution in [-0.2, 0) is 20.9 Å². The molecule has 0 saturated carbocycles. The van der Waals surface area contributed by atoms with Crippen LogP contribution in [0, 0.1) is 5.92 Å². The second-order valence-corrected chi connectivity index (χ2v) is 7.13. The van der Waals surface area contributed by atoms with Gasteiger partial charge in [0.2, 0.25) is 5.91 Å². The SMILES string of the molecule is COc1cc(CNC(=O)CCCC/C=C/C(C)C)ccc1OC(=O)OC(C)C(=O)O. The number of amides is 1. The molecule has 0 bridgehead atoms. The van der Waals surface area contributed by atoms with Gasteiger partial charge in [-0.15, -0.1) is 0 Å². The van der Waals surface area contributed by atoms with E-state index >= 15 is 0 Å². The average Bonchev–Trinajstić information content (AvgIpc) is 2.69. The molecule has 8 nitrogen and oxygen atoms in total. The molecule has 1 atom stereocenters. The molecule has 0 aliphatic heterocycles. The predicted octanol–water partition coefficient (Wildman–Crippen LogP) is 4.07. The minimum atomic E-state index is -1.33. The zero-order valence-corrected chi connectivity index (χ0v) is 18.0. The maximum atomic E-state index is 12.0. The highest BCUT2D eigenvalue weighted by Gasteiger charge is 2.19. The van der Waals surface area contributed by atoms with Crippen molar-refractivity contribution < 1.29 is 33.7 Å². The number of carbonyl (C=O) groups excluding carboxylic acids is 2. The van der Waals surface area contributed by atoms with E-state index < -0.39 is 18.2 Å². The molecule has 0 heterocycles. The van der Waals surface area contributed by atoms with Gasteiger partial charge in [-0.1, -0.05) is 32.1 Å². The minimum Gasteiger partial charge on any atom is -0.493 e. The molecule has 0 aromatic heterocycles. The van der Waals surface area contributed by atoms with Crippen LogP contribution in [0.1, 0.15) is 52.0 Å². The fraction of sp³-hybridized carbons (Fsp3) is 0.500. The fourth-order valence-electron chi connectivity index (χ4n) is 2.42. The largest absolute Gasteiger partial charge is 0.514 e. The van der Waals surface area contributed by atoms with Gasteiger partial charge in [-0.3, -0.25) is 4.79 Å². The molecule has 2 N–H and O–H groups in total. The normalized spacial score (nSPS) is 11.9. The molecule has 1 aromatic carbocycles. The minimum absolute atomic E-state index is 0.0339. The third-order valence-electron chi connectivity index (χ3n) is 4.08. The number of rotatable bonds is 12. The van der Waals surface area contributed by atoms with Crippen molar-refractivity contribution in [2.75, 3.05) is 7.11 Å². The van der Waals surface area contributed by atoms with E-state index in [9.17, 15) is 14.4 Å². The summed E-state index contributed by atoms with van der Waals surface area (Å²) < 4.78 is 14.8. The van der Waals surface area contributed by atoms with Crippen LogP contribution in [0.15, 0.2) is 30.4 Å². The molecule has 0 radical (unpaired) electrons. The van der Waals surface area contributed by atoms with Crippen molar-refractivity contribution in [2.24, 2.45) is 5.92 Å². The first-order chi connectivity index (χ1) is 14.2. The highest BCUT2D eigenvalue weighted by Crippen LogP contribution is 2.28. The zero-order valence-electron chi connectivity index (χ0n) is 18.0. The fourth-order valence-corrected chi connectivity index (χ4v) is 2.42. The summed E-state index contributed by atoms with van der Waals surface area (Å²) in [5.74, 6) is -0.422. The third kappa shape index (κ3) is 9.95. The van der Waals surface area contributed by atoms with Crippen molar-refractivity contribution in [1.29, 1.82) is 0 Å². The Balaban J connectivity index is 2.47. The number of carbonyl (C=O) groups is 3. The van der Waals surface area contributed by atoms with Crippen molar-refractivity contribution in [1.82, 2.24) is 5.32 Å². The Morgan fingerprint density at radius 1 is 1.13 bits per heavy atom. The number of methoxy groups -OCH3 is 1. The lowest BCUT2D eigenvalue weighted by Gasteiger charge is -2.13. The summed E-state index contributed by atoms with van der Waals surface area (Å²) in [4.78, 5) is 34.4. The lowest BCUT2D eigenvalue weighted by molar-refractivity contribution is -0.146. The van der Waals surface area contributed by atoms with Gasteiger partial charge in [0.1, 0.15) is 0 Å². The van der Waals surface area contributed by atoms with Gasteiger partial charge in [0.05, 0.1) is 7.11 Å². The van der Waals surface area contributed by atoms with E-state index in [1.165, 1.54) is 20.1 Å². The first kappa shape index (κ1) is 25.0. The molecule has 0 aliphatic rings. The standard InChI is InChI=1S/C22H31NO7/c1-15(2)9-7-5-6-8-10-20(24)23-14-17-11-12-18(19(13-17)28-4)30-22(27)29-16(3)21(25)26/h7,9,11-13,15-16H,5-6,8,10,14H2,1-4H3,(H,23,24)(H,25,26)/b9-7+. The van der Waals surface area contributed by atoms with Crippen LogP contribution in [0.25, 0.3) is 0 Å². The monoisotopic (exact) mass is 421 g/mol. The highest BCUT2D eigenvalue weighted by atomic mass is 16.7. The summed E-state index contributed by atoms with van der Waals surface area (Å²) in [7, 11) is 1.41. The lowest BCUT2D eigenvalue weighted by atomic mass is 10.1. The Morgan fingerprint density at radius 3 is 2.50 bits per heavy atom. The number of allylic oxidation sites excluding steroid dienone is 2. The quantitative estimate of drug-likeness (QED) is 0.226. The number of ether oxygens (including phenoxy) is 3. The van der Waals surface area contributed by atoms with Crippen LogP contribution in [0.5, 0.6) is 11.5 Å². The van der Waals surface area contributed by atoms with Crippen molar-refractivity contribution >= 4 is 18.0 Å². The smallest absolute Gasteiger partial charge is 0.493 e. The molecule has 0 fully saturated rings. The molecule has 0 aliphatic carbocycles. The molecule has 1 rings (SSSR count). The number of benzene rings is 1. The maximum Gasteiger partial charge on any atom is 0.514 e. The summed E-state index contributed by atoms with van der Waals surface area (Å²) in [5.41, 5.74) is 0.764. The Labute approximate surface area is 177 Å². The summed E-state index contributed by atoms with van der Waals surface area (Å²) in [6.45, 7) is 5.78. The van der Waals surface area contributed by atoms with Crippen LogP contribution >= 0.6 is 0 Å². The van der Waals surface area contributed by atoms with Crippen molar-refractivity contribution in [2.45, 2.75) is 59.1 Å². The Bertz CT molecular complexity index is 743. The summed E-state index contributed by atoms with van der Waals surface area (Å²) in [6.07, 6.45) is 5.05. The van der Waals surface area contributed by atoms with Gasteiger partial charge >= 0.3 is 12.1 Å². The number of carboxylic acid groups (broad SMARTS) is 1. The molecular formula is C22H31NO7. The molecule has 166 valence electrons. The number of aliphatic carboxylic acids is 1. The van der Waals surface area contributed by atoms with E-state index in [0.29, 0.717) is 18.9 Å². The van der Waals surface area contributed by atoms with Gasteiger partial charge in [-0.25, -0.2) is 9.59 Å². The van der Waals surface area contributed by atoms with Crippen LogP contribution in [0.3, 0.4) is 0 Å². The van der Waals surface area contributed by atoms with Crippen molar-refractivity contribution in [3.05, 3.63) is 35.9 Å². The summed E-state index contributed by atoms with van der Waals surface area (Å²) in [5, 5.41) is 11.6. The maximum absolute atomic E-state index is 12.0. The van der Waals surface area contributed by atoms with E-state index in [1.54, 1.807) is 12.1 Å². The number of hydrogen-bond acceptors (Lipinski definition) is 6. The Morgan fingerprint density at radius 2 is 1.87 bits per heavy atom. The average molecular weight is 421 g/mol. The molecule has 1 unspecified atom stereocenters. The van der Waals surface area contributed by atoms with E-state index in [-0.39, 0.29) is 17.4 Å². The van der Waals surface area contributed by atoms with E-state index in [0.717, 1.165) is 24.8 Å². The third-order valence-corrected chi connectivity index (χ3v) is 4.08. The van der Waals surface area contributed by atoms with Gasteiger partial charge in [0.25, 0.3) is 0 Å². The first-order valence-corrected chi connectivity index (χ1v) is 9.94. The second kappa shape index (κ2) is 13.2. The summed E-state index contributed by atoms with van der Waals surface area (Å²) in [6, 6.07) is 4.79. The Hall–Kier alpha value is -3.03. The molecule has 0 saturated heterocycles. The molecule has 1 aromatic rings. The van der Waals surface area contributed by atoms with E-state index in [2.05, 4.69) is 36.1 Å². The van der Waals surface area contributed by atoms with Gasteiger partial charge in [-0.05, 0) is 49.8 Å². The number of hydrogen-bond donors (Lipinski definition) is 2. The van der Waals surface area contributed by atoms with Crippen molar-refractivity contribution in [3.63, 3.8) is 0 Å². The number of nitrogens with one attached hydrogen (secondary N) is 1. The van der Waals surface area contributed by atoms with Gasteiger partial charge < -0.3 is 24.6 Å². The molecule has 0 spiro atoms. The van der Waals surface area contributed by atoms with Crippen LogP contribution < -0.4 is 14.8 Å². The first-order valence-electron chi connectivity index (χ1n) is 9.94. The predicted molar refractivity (Wildman–Crippen MR) is 111 cm³/mol. The van der Waals surface area contributed by atoms with Crippen molar-refractivity contribution in [3.8, 4) is 11.5 Å². The van der Waals surface area contributed by atoms with E-state index in [1.807, 2.05) is 0 Å². The highest BCUT2D eigenvalue weighted by molar-refractivity contribution is 5.76. The van der Waals surface area contributed by atoms with Crippen LogP contribution in [0.4, 0.5) is 4.79 Å². The zero-order chi connectivity index (χ0) is 22.5. The van der Waals surface area contributed by atoms with E-state index in [4.69, 9.17) is 14.6 Å². The number of carboxylic acids is 1. The van der Waals surface area contributed by atoms with Gasteiger partial charge in [0, 0.05) is 13.0 Å². The van der Waals surface area contributed by atoms with Crippen LogP contribution in [-0.4, -0.2) is 36.4 Å². The van der Waals surface area contributed by atoms with Gasteiger partial charge in [-0.2, -0.15) is 0 Å². The summed E-state index contributed by atoms with van der Waals surface area (Å²) >= 11 is 0. The molecule has 30 heavy (non-hydrogen) atoms. The van der Waals surface area contributed by atoms with Gasteiger partial charge in [0.15, 0.2) is 17.6 Å². The molecule has 1 amide bonds. The van der Waals surface area contributed by atoms with Crippen LogP contribution in [0.2, 0.25) is 0 Å². The number of unbranched alkanes of at least 4 members (excludes halogenated alkanes) is 2. The lowest BCUT2D eigenvalue weighted by Crippen LogP contribution is -2.25. The second-order valence-electron chi connectivity index (χ2n) is 7.13.